The highest BCUT2D eigenvalue weighted by atomic mass is 32.5. The lowest BCUT2D eigenvalue weighted by atomic mass is 9.97. The summed E-state index contributed by atoms with van der Waals surface area (Å²) >= 11 is 0. The summed E-state index contributed by atoms with van der Waals surface area (Å²) in [5.74, 6) is -13.9. The molecular formula is C35H24F13NOS. The Morgan fingerprint density at radius 2 is 1.14 bits per heavy atom. The predicted octanol–water partition coefficient (Wildman–Crippen LogP) is 13.4. The van der Waals surface area contributed by atoms with Crippen molar-refractivity contribution >= 4 is 10.2 Å². The number of hydrogen-bond donors (Lipinski definition) is 0. The van der Waals surface area contributed by atoms with Gasteiger partial charge in [0.1, 0.15) is 34.6 Å². The molecule has 0 unspecified atom stereocenters. The van der Waals surface area contributed by atoms with Gasteiger partial charge in [0.05, 0.1) is 5.69 Å². The number of ether oxygens (including phenoxy) is 1. The SMILES string of the molecule is CCCCCc1ccc(-c2ccc(-c3ccc(-c4cc(F)c(C(F)(F)Oc5cc(F)c(S(F)(F)(F)(F)F)c(F)c5)c(F)c4)c(F)c3)c(F)c2)nc1. The van der Waals surface area contributed by atoms with E-state index in [1.54, 1.807) is 18.3 Å². The van der Waals surface area contributed by atoms with Gasteiger partial charge in [-0.1, -0.05) is 69.5 Å². The molecular weight excluding hydrogens is 729 g/mol. The lowest BCUT2D eigenvalue weighted by Crippen LogP contribution is -2.25. The molecule has 0 amide bonds. The lowest BCUT2D eigenvalue weighted by molar-refractivity contribution is -0.189. The number of rotatable bonds is 11. The van der Waals surface area contributed by atoms with Crippen LogP contribution in [-0.2, 0) is 12.5 Å². The molecule has 0 aliphatic rings. The Kier molecular flexibility index (Phi) is 9.41. The Balaban J connectivity index is 1.38. The van der Waals surface area contributed by atoms with Gasteiger partial charge in [-0.2, -0.15) is 8.78 Å². The molecule has 0 radical (unpaired) electrons. The zero-order valence-corrected chi connectivity index (χ0v) is 26.8. The third-order valence-electron chi connectivity index (χ3n) is 7.69. The first kappa shape index (κ1) is 37.5. The van der Waals surface area contributed by atoms with Gasteiger partial charge < -0.3 is 4.74 Å². The molecule has 1 aromatic heterocycles. The topological polar surface area (TPSA) is 22.1 Å². The monoisotopic (exact) mass is 753 g/mol. The third kappa shape index (κ3) is 8.26. The summed E-state index contributed by atoms with van der Waals surface area (Å²) in [5, 5.41) is 0. The highest BCUT2D eigenvalue weighted by Gasteiger charge is 2.69. The molecule has 2 nitrogen and oxygen atoms in total. The van der Waals surface area contributed by atoms with Gasteiger partial charge in [-0.3, -0.25) is 4.98 Å². The summed E-state index contributed by atoms with van der Waals surface area (Å²) in [6, 6.07) is 9.92. The van der Waals surface area contributed by atoms with E-state index >= 15 is 8.78 Å². The molecule has 0 atom stereocenters. The maximum Gasteiger partial charge on any atom is 0.432 e. The Morgan fingerprint density at radius 1 is 0.608 bits per heavy atom. The van der Waals surface area contributed by atoms with E-state index in [0.29, 0.717) is 11.3 Å². The van der Waals surface area contributed by atoms with Crippen molar-refractivity contribution in [1.29, 1.82) is 0 Å². The summed E-state index contributed by atoms with van der Waals surface area (Å²) in [6.07, 6.45) is 0.523. The fourth-order valence-corrected chi connectivity index (χ4v) is 6.17. The van der Waals surface area contributed by atoms with Crippen molar-refractivity contribution in [2.75, 3.05) is 0 Å². The van der Waals surface area contributed by atoms with Crippen LogP contribution in [0.3, 0.4) is 0 Å². The highest BCUT2D eigenvalue weighted by molar-refractivity contribution is 8.45. The van der Waals surface area contributed by atoms with Crippen LogP contribution >= 0.6 is 10.2 Å². The van der Waals surface area contributed by atoms with Gasteiger partial charge in [-0.15, -0.1) is 0 Å². The molecule has 0 N–H and O–H groups in total. The van der Waals surface area contributed by atoms with Crippen molar-refractivity contribution < 1.29 is 59.3 Å². The van der Waals surface area contributed by atoms with Crippen LogP contribution in [0.2, 0.25) is 0 Å². The molecule has 0 spiro atoms. The van der Waals surface area contributed by atoms with Gasteiger partial charge >= 0.3 is 16.3 Å². The van der Waals surface area contributed by atoms with Gasteiger partial charge in [-0.25, -0.2) is 26.3 Å². The number of aryl methyl sites for hydroxylation is 1. The standard InChI is InChI=1S/C35H24F13NOS/c1-2-3-4-5-19-6-11-32(49-18-19)21-8-10-24(27(37)13-21)20-7-9-25(26(36)12-20)22-14-28(38)33(29(39)15-22)35(42,43)50-23-16-30(40)34(31(41)17-23)51(44,45,46,47)48/h6-18H,2-5H2,1H3. The van der Waals surface area contributed by atoms with E-state index in [9.17, 15) is 45.8 Å². The first-order chi connectivity index (χ1) is 23.6. The van der Waals surface area contributed by atoms with Gasteiger partial charge in [0, 0.05) is 35.0 Å². The van der Waals surface area contributed by atoms with Crippen molar-refractivity contribution in [2.45, 2.75) is 43.6 Å². The fraction of sp³-hybridized carbons (Fsp3) is 0.171. The minimum Gasteiger partial charge on any atom is -0.429 e. The molecule has 5 rings (SSSR count). The van der Waals surface area contributed by atoms with Crippen molar-refractivity contribution in [3.05, 3.63) is 125 Å². The Hall–Kier alpha value is -4.73. The van der Waals surface area contributed by atoms with E-state index in [1.165, 1.54) is 18.2 Å². The van der Waals surface area contributed by atoms with E-state index in [1.807, 2.05) is 6.07 Å². The molecule has 1 heterocycles. The quantitative estimate of drug-likeness (QED) is 0.0990. The van der Waals surface area contributed by atoms with Crippen LogP contribution in [0.1, 0.15) is 37.3 Å². The first-order valence-corrected chi connectivity index (χ1v) is 16.9. The number of alkyl halides is 2. The van der Waals surface area contributed by atoms with Crippen LogP contribution in [0.15, 0.2) is 83.9 Å². The van der Waals surface area contributed by atoms with Gasteiger partial charge in [0.15, 0.2) is 16.5 Å². The minimum absolute atomic E-state index is 0.00710. The summed E-state index contributed by atoms with van der Waals surface area (Å²) in [5.41, 5.74) is -1.44. The lowest BCUT2D eigenvalue weighted by Gasteiger charge is -2.40. The largest absolute Gasteiger partial charge is 0.432 e. The van der Waals surface area contributed by atoms with E-state index in [-0.39, 0.29) is 23.3 Å². The predicted molar refractivity (Wildman–Crippen MR) is 166 cm³/mol. The van der Waals surface area contributed by atoms with Crippen LogP contribution in [0.4, 0.5) is 54.6 Å². The van der Waals surface area contributed by atoms with Crippen molar-refractivity contribution in [1.82, 2.24) is 4.98 Å². The zero-order chi connectivity index (χ0) is 37.6. The normalized spacial score (nSPS) is 13.5. The summed E-state index contributed by atoms with van der Waals surface area (Å²) < 4.78 is 186. The first-order valence-electron chi connectivity index (χ1n) is 14.9. The van der Waals surface area contributed by atoms with Crippen LogP contribution in [0.5, 0.6) is 5.75 Å². The second-order valence-corrected chi connectivity index (χ2v) is 13.9. The van der Waals surface area contributed by atoms with E-state index in [2.05, 4.69) is 16.6 Å². The maximum atomic E-state index is 15.2. The van der Waals surface area contributed by atoms with Crippen molar-refractivity contribution in [3.63, 3.8) is 0 Å². The number of benzene rings is 4. The molecule has 0 aliphatic carbocycles. The molecule has 51 heavy (non-hydrogen) atoms. The fourth-order valence-electron chi connectivity index (χ4n) is 5.32. The molecule has 0 saturated heterocycles. The molecule has 5 aromatic rings. The van der Waals surface area contributed by atoms with Gasteiger partial charge in [0.25, 0.3) is 0 Å². The van der Waals surface area contributed by atoms with Crippen LogP contribution in [0.25, 0.3) is 33.5 Å². The molecule has 272 valence electrons. The average molecular weight is 754 g/mol. The number of aromatic nitrogens is 1. The number of hydrogen-bond acceptors (Lipinski definition) is 2. The molecule has 4 aromatic carbocycles. The molecule has 0 bridgehead atoms. The molecule has 16 heteroatoms. The Morgan fingerprint density at radius 3 is 1.65 bits per heavy atom. The summed E-state index contributed by atoms with van der Waals surface area (Å²) in [7, 11) is -11.0. The summed E-state index contributed by atoms with van der Waals surface area (Å²) in [4.78, 5) is 0.747. The molecule has 0 saturated carbocycles. The van der Waals surface area contributed by atoms with Gasteiger partial charge in [-0.05, 0) is 59.9 Å². The van der Waals surface area contributed by atoms with Crippen molar-refractivity contribution in [2.24, 2.45) is 0 Å². The number of pyridine rings is 1. The van der Waals surface area contributed by atoms with E-state index in [0.717, 1.165) is 43.4 Å². The van der Waals surface area contributed by atoms with Crippen LogP contribution < -0.4 is 4.74 Å². The number of halogens is 13. The second kappa shape index (κ2) is 12.8. The van der Waals surface area contributed by atoms with E-state index < -0.39 is 90.7 Å². The Labute approximate surface area is 282 Å². The second-order valence-electron chi connectivity index (χ2n) is 11.5. The van der Waals surface area contributed by atoms with Crippen LogP contribution in [0, 0.1) is 34.9 Å². The smallest absolute Gasteiger partial charge is 0.429 e. The van der Waals surface area contributed by atoms with Crippen molar-refractivity contribution in [3.8, 4) is 39.3 Å². The molecule has 0 aliphatic heterocycles. The van der Waals surface area contributed by atoms with Gasteiger partial charge in [0.2, 0.25) is 0 Å². The highest BCUT2D eigenvalue weighted by Crippen LogP contribution is 3.02. The Bertz CT molecular complexity index is 2070. The number of nitrogens with zero attached hydrogens (tertiary/aromatic N) is 1. The van der Waals surface area contributed by atoms with E-state index in [4.69, 9.17) is 0 Å². The number of unbranched alkanes of at least 4 members (excludes halogenated alkanes) is 2. The minimum atomic E-state index is -11.0. The maximum absolute atomic E-state index is 15.2. The third-order valence-corrected chi connectivity index (χ3v) is 8.85. The van der Waals surface area contributed by atoms with Crippen LogP contribution in [-0.4, -0.2) is 4.98 Å². The zero-order valence-electron chi connectivity index (χ0n) is 26.0. The molecule has 0 fully saturated rings. The summed E-state index contributed by atoms with van der Waals surface area (Å²) in [6.45, 7) is 2.09. The average Bonchev–Trinajstić information content (AvgIpc) is 2.99.